The smallest absolute Gasteiger partial charge is 0.274 e. The van der Waals surface area contributed by atoms with Gasteiger partial charge in [-0.25, -0.2) is 0 Å². The van der Waals surface area contributed by atoms with Gasteiger partial charge in [0.1, 0.15) is 5.82 Å². The van der Waals surface area contributed by atoms with Gasteiger partial charge < -0.3 is 10.2 Å². The zero-order chi connectivity index (χ0) is 12.3. The summed E-state index contributed by atoms with van der Waals surface area (Å²) in [6.07, 6.45) is 2.28. The van der Waals surface area contributed by atoms with E-state index in [0.29, 0.717) is 17.4 Å². The van der Waals surface area contributed by atoms with E-state index in [1.54, 1.807) is 19.2 Å². The van der Waals surface area contributed by atoms with Crippen molar-refractivity contribution in [2.75, 3.05) is 25.5 Å². The number of rotatable bonds is 2. The standard InChI is InChI=1S/C12H18N4O/c1-9-4-3-7-16(8-9)12(17)10-5-6-11(13-2)15-14-10/h5-6,9H,3-4,7-8H2,1-2H3,(H,13,15). The number of hydrogen-bond acceptors (Lipinski definition) is 4. The van der Waals surface area contributed by atoms with Crippen LogP contribution in [0.15, 0.2) is 12.1 Å². The minimum absolute atomic E-state index is 0.00768. The second-order valence-corrected chi connectivity index (χ2v) is 4.55. The Morgan fingerprint density at radius 1 is 1.47 bits per heavy atom. The summed E-state index contributed by atoms with van der Waals surface area (Å²) in [4.78, 5) is 14.0. The van der Waals surface area contributed by atoms with Crippen molar-refractivity contribution in [3.05, 3.63) is 17.8 Å². The Morgan fingerprint density at radius 2 is 2.29 bits per heavy atom. The number of hydrogen-bond donors (Lipinski definition) is 1. The molecule has 17 heavy (non-hydrogen) atoms. The summed E-state index contributed by atoms with van der Waals surface area (Å²) >= 11 is 0. The summed E-state index contributed by atoms with van der Waals surface area (Å²) in [5.41, 5.74) is 0.429. The molecule has 2 rings (SSSR count). The van der Waals surface area contributed by atoms with Crippen molar-refractivity contribution in [3.8, 4) is 0 Å². The fourth-order valence-corrected chi connectivity index (χ4v) is 2.12. The summed E-state index contributed by atoms with van der Waals surface area (Å²) in [5.74, 6) is 1.25. The summed E-state index contributed by atoms with van der Waals surface area (Å²) < 4.78 is 0. The van der Waals surface area contributed by atoms with Crippen LogP contribution in [0.25, 0.3) is 0 Å². The van der Waals surface area contributed by atoms with Crippen molar-refractivity contribution in [1.82, 2.24) is 15.1 Å². The third-order valence-corrected chi connectivity index (χ3v) is 3.08. The molecule has 1 aliphatic heterocycles. The van der Waals surface area contributed by atoms with Gasteiger partial charge in [0.15, 0.2) is 5.69 Å². The number of amides is 1. The number of anilines is 1. The molecule has 1 aromatic heterocycles. The molecular weight excluding hydrogens is 216 g/mol. The van der Waals surface area contributed by atoms with Gasteiger partial charge in [-0.05, 0) is 30.9 Å². The lowest BCUT2D eigenvalue weighted by Gasteiger charge is -2.30. The fourth-order valence-electron chi connectivity index (χ4n) is 2.12. The number of likely N-dealkylation sites (tertiary alicyclic amines) is 1. The van der Waals surface area contributed by atoms with Crippen molar-refractivity contribution in [2.24, 2.45) is 5.92 Å². The van der Waals surface area contributed by atoms with E-state index in [-0.39, 0.29) is 5.91 Å². The van der Waals surface area contributed by atoms with E-state index in [9.17, 15) is 4.79 Å². The van der Waals surface area contributed by atoms with Gasteiger partial charge in [0, 0.05) is 20.1 Å². The maximum Gasteiger partial charge on any atom is 0.274 e. The molecule has 0 radical (unpaired) electrons. The van der Waals surface area contributed by atoms with E-state index in [1.165, 1.54) is 6.42 Å². The normalized spacial score (nSPS) is 20.1. The van der Waals surface area contributed by atoms with Crippen molar-refractivity contribution in [3.63, 3.8) is 0 Å². The first kappa shape index (κ1) is 11.8. The van der Waals surface area contributed by atoms with Gasteiger partial charge in [0.2, 0.25) is 0 Å². The van der Waals surface area contributed by atoms with Gasteiger partial charge in [-0.1, -0.05) is 6.92 Å². The molecule has 5 nitrogen and oxygen atoms in total. The summed E-state index contributed by atoms with van der Waals surface area (Å²) in [5, 5.41) is 10.8. The Kier molecular flexibility index (Phi) is 3.56. The highest BCUT2D eigenvalue weighted by Crippen LogP contribution is 2.17. The molecule has 1 atom stereocenters. The van der Waals surface area contributed by atoms with Gasteiger partial charge in [-0.2, -0.15) is 0 Å². The average molecular weight is 234 g/mol. The van der Waals surface area contributed by atoms with Crippen molar-refractivity contribution in [2.45, 2.75) is 19.8 Å². The fraction of sp³-hybridized carbons (Fsp3) is 0.583. The predicted molar refractivity (Wildman–Crippen MR) is 65.9 cm³/mol. The largest absolute Gasteiger partial charge is 0.372 e. The molecule has 2 heterocycles. The molecule has 0 saturated carbocycles. The molecule has 1 saturated heterocycles. The van der Waals surface area contributed by atoms with Crippen LogP contribution in [0.4, 0.5) is 5.82 Å². The van der Waals surface area contributed by atoms with Gasteiger partial charge in [-0.15, -0.1) is 10.2 Å². The van der Waals surface area contributed by atoms with Gasteiger partial charge in [0.05, 0.1) is 0 Å². The summed E-state index contributed by atoms with van der Waals surface area (Å²) in [6, 6.07) is 3.49. The van der Waals surface area contributed by atoms with E-state index in [0.717, 1.165) is 19.5 Å². The number of aromatic nitrogens is 2. The molecule has 1 N–H and O–H groups in total. The molecular formula is C12H18N4O. The monoisotopic (exact) mass is 234 g/mol. The maximum atomic E-state index is 12.1. The van der Waals surface area contributed by atoms with Crippen LogP contribution in [0.3, 0.4) is 0 Å². The third kappa shape index (κ3) is 2.72. The van der Waals surface area contributed by atoms with Crippen LogP contribution in [0.5, 0.6) is 0 Å². The lowest BCUT2D eigenvalue weighted by atomic mass is 10.00. The molecule has 1 fully saturated rings. The van der Waals surface area contributed by atoms with Crippen LogP contribution in [0, 0.1) is 5.92 Å². The van der Waals surface area contributed by atoms with E-state index in [1.807, 2.05) is 4.90 Å². The van der Waals surface area contributed by atoms with Crippen LogP contribution in [-0.2, 0) is 0 Å². The van der Waals surface area contributed by atoms with Crippen molar-refractivity contribution in [1.29, 1.82) is 0 Å². The molecule has 1 aliphatic rings. The Hall–Kier alpha value is -1.65. The maximum absolute atomic E-state index is 12.1. The average Bonchev–Trinajstić information content (AvgIpc) is 2.38. The van der Waals surface area contributed by atoms with Crippen LogP contribution in [0.2, 0.25) is 0 Å². The zero-order valence-corrected chi connectivity index (χ0v) is 10.3. The second kappa shape index (κ2) is 5.12. The Morgan fingerprint density at radius 3 is 2.88 bits per heavy atom. The van der Waals surface area contributed by atoms with E-state index >= 15 is 0 Å². The first-order valence-corrected chi connectivity index (χ1v) is 6.01. The van der Waals surface area contributed by atoms with E-state index < -0.39 is 0 Å². The lowest BCUT2D eigenvalue weighted by molar-refractivity contribution is 0.0676. The first-order valence-electron chi connectivity index (χ1n) is 6.01. The quantitative estimate of drug-likeness (QED) is 0.840. The van der Waals surface area contributed by atoms with E-state index in [4.69, 9.17) is 0 Å². The highest BCUT2D eigenvalue weighted by molar-refractivity contribution is 5.92. The highest BCUT2D eigenvalue weighted by Gasteiger charge is 2.22. The Labute approximate surface area is 101 Å². The van der Waals surface area contributed by atoms with Crippen LogP contribution < -0.4 is 5.32 Å². The number of nitrogens with one attached hydrogen (secondary N) is 1. The Bertz CT molecular complexity index is 390. The molecule has 1 amide bonds. The molecule has 1 unspecified atom stereocenters. The SMILES string of the molecule is CNc1ccc(C(=O)N2CCCC(C)C2)nn1. The van der Waals surface area contributed by atoms with Crippen molar-refractivity contribution < 1.29 is 4.79 Å². The van der Waals surface area contributed by atoms with Crippen molar-refractivity contribution >= 4 is 11.7 Å². The van der Waals surface area contributed by atoms with Crippen LogP contribution >= 0.6 is 0 Å². The van der Waals surface area contributed by atoms with Gasteiger partial charge in [0.25, 0.3) is 5.91 Å². The van der Waals surface area contributed by atoms with Gasteiger partial charge >= 0.3 is 0 Å². The number of piperidine rings is 1. The minimum Gasteiger partial charge on any atom is -0.372 e. The summed E-state index contributed by atoms with van der Waals surface area (Å²) in [7, 11) is 1.78. The number of nitrogens with zero attached hydrogens (tertiary/aromatic N) is 3. The van der Waals surface area contributed by atoms with E-state index in [2.05, 4.69) is 22.4 Å². The third-order valence-electron chi connectivity index (χ3n) is 3.08. The van der Waals surface area contributed by atoms with Crippen LogP contribution in [0.1, 0.15) is 30.3 Å². The predicted octanol–water partition coefficient (Wildman–Crippen LogP) is 1.39. The van der Waals surface area contributed by atoms with Crippen LogP contribution in [-0.4, -0.2) is 41.1 Å². The lowest BCUT2D eigenvalue weighted by Crippen LogP contribution is -2.39. The van der Waals surface area contributed by atoms with Gasteiger partial charge in [-0.3, -0.25) is 4.79 Å². The zero-order valence-electron chi connectivity index (χ0n) is 10.3. The highest BCUT2D eigenvalue weighted by atomic mass is 16.2. The molecule has 92 valence electrons. The number of carbonyl (C=O) groups excluding carboxylic acids is 1. The molecule has 1 aromatic rings. The minimum atomic E-state index is -0.00768. The molecule has 0 aliphatic carbocycles. The second-order valence-electron chi connectivity index (χ2n) is 4.55. The Balaban J connectivity index is 2.07. The summed E-state index contributed by atoms with van der Waals surface area (Å²) in [6.45, 7) is 3.84. The molecule has 0 spiro atoms. The molecule has 0 aromatic carbocycles. The molecule has 5 heteroatoms. The first-order chi connectivity index (χ1) is 8.20. The topological polar surface area (TPSA) is 58.1 Å². The number of carbonyl (C=O) groups is 1. The molecule has 0 bridgehead atoms.